The molecule has 0 aromatic rings. The Hall–Kier alpha value is -0.900. The normalized spacial score (nSPS) is 13.4. The van der Waals surface area contributed by atoms with Crippen LogP contribution in [-0.2, 0) is 18.9 Å². The summed E-state index contributed by atoms with van der Waals surface area (Å²) in [5.74, 6) is -3.02. The zero-order chi connectivity index (χ0) is 15.4. The van der Waals surface area contributed by atoms with Crippen LogP contribution in [0.15, 0.2) is 0 Å². The molecule has 0 aromatic heterocycles. The van der Waals surface area contributed by atoms with Gasteiger partial charge in [-0.1, -0.05) is 0 Å². The average Bonchev–Trinajstić information content (AvgIpc) is 2.34. The molecule has 3 N–H and O–H groups in total. The highest BCUT2D eigenvalue weighted by atomic mass is 19.4. The third-order valence-electron chi connectivity index (χ3n) is 2.23. The van der Waals surface area contributed by atoms with Gasteiger partial charge in [0.15, 0.2) is 0 Å². The monoisotopic (exact) mass is 302 g/mol. The summed E-state index contributed by atoms with van der Waals surface area (Å²) in [4.78, 5) is 0. The van der Waals surface area contributed by atoms with E-state index < -0.39 is 24.5 Å². The summed E-state index contributed by atoms with van der Waals surface area (Å²) in [6.07, 6.45) is -4.57. The number of rotatable bonds is 12. The van der Waals surface area contributed by atoms with Gasteiger partial charge >= 0.3 is 6.18 Å². The Morgan fingerprint density at radius 3 is 1.85 bits per heavy atom. The SMILES string of the molecule is COCCOCCOCCOCC(C(=N)N)C(F)(F)F. The topological polar surface area (TPSA) is 86.8 Å². The van der Waals surface area contributed by atoms with Crippen molar-refractivity contribution in [2.75, 3.05) is 53.4 Å². The lowest BCUT2D eigenvalue weighted by molar-refractivity contribution is -0.169. The molecule has 0 aliphatic rings. The summed E-state index contributed by atoms with van der Waals surface area (Å²) >= 11 is 0. The fourth-order valence-electron chi connectivity index (χ4n) is 1.14. The van der Waals surface area contributed by atoms with Crippen LogP contribution in [0.25, 0.3) is 0 Å². The molecule has 9 heteroatoms. The van der Waals surface area contributed by atoms with Gasteiger partial charge in [-0.15, -0.1) is 0 Å². The van der Waals surface area contributed by atoms with E-state index in [1.807, 2.05) is 0 Å². The zero-order valence-electron chi connectivity index (χ0n) is 11.4. The van der Waals surface area contributed by atoms with Crippen molar-refractivity contribution in [2.24, 2.45) is 11.7 Å². The number of methoxy groups -OCH3 is 1. The van der Waals surface area contributed by atoms with Crippen LogP contribution in [0.4, 0.5) is 13.2 Å². The highest BCUT2D eigenvalue weighted by molar-refractivity contribution is 5.80. The fraction of sp³-hybridized carbons (Fsp3) is 0.909. The third-order valence-corrected chi connectivity index (χ3v) is 2.23. The Bertz CT molecular complexity index is 265. The molecule has 0 bridgehead atoms. The minimum atomic E-state index is -4.57. The molecule has 1 atom stereocenters. The van der Waals surface area contributed by atoms with E-state index in [1.165, 1.54) is 0 Å². The quantitative estimate of drug-likeness (QED) is 0.316. The molecule has 0 saturated heterocycles. The van der Waals surface area contributed by atoms with Gasteiger partial charge in [0.2, 0.25) is 0 Å². The predicted molar refractivity (Wildman–Crippen MR) is 65.8 cm³/mol. The molecule has 1 unspecified atom stereocenters. The lowest BCUT2D eigenvalue weighted by Gasteiger charge is -2.18. The Balaban J connectivity index is 3.49. The number of nitrogens with two attached hydrogens (primary N) is 1. The largest absolute Gasteiger partial charge is 0.400 e. The molecule has 0 rings (SSSR count). The van der Waals surface area contributed by atoms with Crippen molar-refractivity contribution in [2.45, 2.75) is 6.18 Å². The molecule has 0 fully saturated rings. The summed E-state index contributed by atoms with van der Waals surface area (Å²) in [5, 5.41) is 6.85. The number of hydrogen-bond acceptors (Lipinski definition) is 5. The number of amidine groups is 1. The van der Waals surface area contributed by atoms with Gasteiger partial charge in [-0.05, 0) is 0 Å². The molecule has 0 aromatic carbocycles. The van der Waals surface area contributed by atoms with Gasteiger partial charge in [-0.3, -0.25) is 5.41 Å². The maximum absolute atomic E-state index is 12.4. The zero-order valence-corrected chi connectivity index (χ0v) is 11.4. The molecule has 6 nitrogen and oxygen atoms in total. The molecular weight excluding hydrogens is 281 g/mol. The van der Waals surface area contributed by atoms with Crippen LogP contribution in [0.5, 0.6) is 0 Å². The van der Waals surface area contributed by atoms with Gasteiger partial charge in [-0.2, -0.15) is 13.2 Å². The van der Waals surface area contributed by atoms with Crippen LogP contribution >= 0.6 is 0 Å². The maximum Gasteiger partial charge on any atom is 0.400 e. The van der Waals surface area contributed by atoms with Gasteiger partial charge in [0, 0.05) is 7.11 Å². The predicted octanol–water partition coefficient (Wildman–Crippen LogP) is 0.797. The number of nitrogens with one attached hydrogen (secondary N) is 1. The molecule has 0 aliphatic carbocycles. The highest BCUT2D eigenvalue weighted by Gasteiger charge is 2.41. The second-order valence-electron chi connectivity index (χ2n) is 3.84. The van der Waals surface area contributed by atoms with Crippen LogP contribution in [0.2, 0.25) is 0 Å². The molecule has 0 saturated carbocycles. The minimum Gasteiger partial charge on any atom is -0.387 e. The smallest absolute Gasteiger partial charge is 0.387 e. The first-order valence-corrected chi connectivity index (χ1v) is 6.02. The molecule has 0 heterocycles. The molecule has 120 valence electrons. The van der Waals surface area contributed by atoms with Crippen molar-refractivity contribution < 1.29 is 32.1 Å². The Morgan fingerprint density at radius 2 is 1.45 bits per heavy atom. The molecular formula is C11H21F3N2O4. The molecule has 0 radical (unpaired) electrons. The van der Waals surface area contributed by atoms with Crippen molar-refractivity contribution in [3.05, 3.63) is 0 Å². The number of hydrogen-bond donors (Lipinski definition) is 2. The maximum atomic E-state index is 12.4. The summed E-state index contributed by atoms with van der Waals surface area (Å²) < 4.78 is 56.9. The standard InChI is InChI=1S/C11H21F3N2O4/c1-17-2-3-18-4-5-19-6-7-20-8-9(10(15)16)11(12,13)14/h9H,2-8H2,1H3,(H3,15,16). The van der Waals surface area contributed by atoms with Gasteiger partial charge < -0.3 is 24.7 Å². The van der Waals surface area contributed by atoms with Crippen molar-refractivity contribution in [1.82, 2.24) is 0 Å². The van der Waals surface area contributed by atoms with Crippen LogP contribution in [-0.4, -0.2) is 65.4 Å². The van der Waals surface area contributed by atoms with E-state index in [2.05, 4.69) is 0 Å². The number of halogens is 3. The first-order chi connectivity index (χ1) is 9.39. The Kier molecular flexibility index (Phi) is 10.3. The van der Waals surface area contributed by atoms with E-state index in [4.69, 9.17) is 30.1 Å². The molecule has 0 aliphatic heterocycles. The fourth-order valence-corrected chi connectivity index (χ4v) is 1.14. The lowest BCUT2D eigenvalue weighted by atomic mass is 10.1. The van der Waals surface area contributed by atoms with E-state index in [0.29, 0.717) is 26.4 Å². The van der Waals surface area contributed by atoms with Crippen LogP contribution < -0.4 is 5.73 Å². The Labute approximate surface area is 115 Å². The van der Waals surface area contributed by atoms with Gasteiger partial charge in [-0.25, -0.2) is 0 Å². The van der Waals surface area contributed by atoms with Crippen molar-refractivity contribution in [3.63, 3.8) is 0 Å². The van der Waals surface area contributed by atoms with Gasteiger partial charge in [0.25, 0.3) is 0 Å². The second-order valence-corrected chi connectivity index (χ2v) is 3.84. The van der Waals surface area contributed by atoms with E-state index in [-0.39, 0.29) is 13.2 Å². The van der Waals surface area contributed by atoms with Gasteiger partial charge in [0.05, 0.1) is 46.2 Å². The minimum absolute atomic E-state index is 0.00205. The van der Waals surface area contributed by atoms with E-state index >= 15 is 0 Å². The number of alkyl halides is 3. The summed E-state index contributed by atoms with van der Waals surface area (Å²) in [6, 6.07) is 0. The first kappa shape index (κ1) is 19.1. The summed E-state index contributed by atoms with van der Waals surface area (Å²) in [5.41, 5.74) is 4.87. The summed E-state index contributed by atoms with van der Waals surface area (Å²) in [6.45, 7) is 1.13. The first-order valence-electron chi connectivity index (χ1n) is 6.02. The lowest BCUT2D eigenvalue weighted by Crippen LogP contribution is -2.38. The Morgan fingerprint density at radius 1 is 1.00 bits per heavy atom. The highest BCUT2D eigenvalue weighted by Crippen LogP contribution is 2.26. The van der Waals surface area contributed by atoms with Crippen LogP contribution in [0.3, 0.4) is 0 Å². The number of ether oxygens (including phenoxy) is 4. The molecule has 20 heavy (non-hydrogen) atoms. The van der Waals surface area contributed by atoms with Crippen molar-refractivity contribution >= 4 is 5.84 Å². The average molecular weight is 302 g/mol. The van der Waals surface area contributed by atoms with Crippen LogP contribution in [0.1, 0.15) is 0 Å². The van der Waals surface area contributed by atoms with Gasteiger partial charge in [0.1, 0.15) is 11.8 Å². The summed E-state index contributed by atoms with van der Waals surface area (Å²) in [7, 11) is 1.56. The van der Waals surface area contributed by atoms with E-state index in [0.717, 1.165) is 0 Å². The van der Waals surface area contributed by atoms with E-state index in [9.17, 15) is 13.2 Å². The van der Waals surface area contributed by atoms with Crippen molar-refractivity contribution in [1.29, 1.82) is 5.41 Å². The second kappa shape index (κ2) is 10.8. The third kappa shape index (κ3) is 9.96. The molecule has 0 amide bonds. The van der Waals surface area contributed by atoms with Crippen LogP contribution in [0, 0.1) is 11.3 Å². The molecule has 0 spiro atoms. The van der Waals surface area contributed by atoms with E-state index in [1.54, 1.807) is 7.11 Å². The van der Waals surface area contributed by atoms with Crippen molar-refractivity contribution in [3.8, 4) is 0 Å².